The standard InChI is InChI=1S/C15H12BrF2NOS/c16-10-5-7-11(8-6-10)21-9-14(20)19-13-4-2-1-3-12(13)15(17)18/h1-8,15H,9H2,(H,19,20). The Morgan fingerprint density at radius 3 is 2.48 bits per heavy atom. The third-order valence-electron chi connectivity index (χ3n) is 2.65. The Bertz CT molecular complexity index is 619. The van der Waals surface area contributed by atoms with Gasteiger partial charge in [-0.2, -0.15) is 0 Å². The molecule has 0 atom stereocenters. The summed E-state index contributed by atoms with van der Waals surface area (Å²) in [7, 11) is 0. The van der Waals surface area contributed by atoms with E-state index in [1.807, 2.05) is 24.3 Å². The molecular weight excluding hydrogens is 360 g/mol. The van der Waals surface area contributed by atoms with Gasteiger partial charge in [0.05, 0.1) is 5.75 Å². The van der Waals surface area contributed by atoms with Crippen molar-refractivity contribution in [3.05, 3.63) is 58.6 Å². The van der Waals surface area contributed by atoms with Gasteiger partial charge in [-0.25, -0.2) is 8.78 Å². The number of thioether (sulfide) groups is 1. The SMILES string of the molecule is O=C(CSc1ccc(Br)cc1)Nc1ccccc1C(F)F. The van der Waals surface area contributed by atoms with Crippen LogP contribution < -0.4 is 5.32 Å². The molecule has 0 fully saturated rings. The quantitative estimate of drug-likeness (QED) is 0.739. The van der Waals surface area contributed by atoms with Crippen LogP contribution in [0.1, 0.15) is 12.0 Å². The highest BCUT2D eigenvalue weighted by Crippen LogP contribution is 2.27. The Morgan fingerprint density at radius 1 is 1.14 bits per heavy atom. The maximum atomic E-state index is 12.8. The number of para-hydroxylation sites is 1. The third kappa shape index (κ3) is 4.82. The summed E-state index contributed by atoms with van der Waals surface area (Å²) in [6, 6.07) is 13.5. The van der Waals surface area contributed by atoms with Gasteiger partial charge in [0.15, 0.2) is 0 Å². The van der Waals surface area contributed by atoms with Gasteiger partial charge in [0, 0.05) is 20.6 Å². The molecule has 2 nitrogen and oxygen atoms in total. The topological polar surface area (TPSA) is 29.1 Å². The summed E-state index contributed by atoms with van der Waals surface area (Å²) in [6.07, 6.45) is -2.61. The predicted molar refractivity (Wildman–Crippen MR) is 84.9 cm³/mol. The average molecular weight is 372 g/mol. The summed E-state index contributed by atoms with van der Waals surface area (Å²) >= 11 is 4.68. The summed E-state index contributed by atoms with van der Waals surface area (Å²) in [6.45, 7) is 0. The van der Waals surface area contributed by atoms with Crippen LogP contribution >= 0.6 is 27.7 Å². The summed E-state index contributed by atoms with van der Waals surface area (Å²) in [5, 5.41) is 2.52. The largest absolute Gasteiger partial charge is 0.325 e. The van der Waals surface area contributed by atoms with Crippen LogP contribution in [0.25, 0.3) is 0 Å². The number of alkyl halides is 2. The number of nitrogens with one attached hydrogen (secondary N) is 1. The lowest BCUT2D eigenvalue weighted by Crippen LogP contribution is -2.15. The molecule has 0 aliphatic rings. The fourth-order valence-corrected chi connectivity index (χ4v) is 2.63. The average Bonchev–Trinajstić information content (AvgIpc) is 2.47. The Morgan fingerprint density at radius 2 is 1.81 bits per heavy atom. The molecule has 0 bridgehead atoms. The van der Waals surface area contributed by atoms with Crippen LogP contribution in [-0.4, -0.2) is 11.7 Å². The third-order valence-corrected chi connectivity index (χ3v) is 4.19. The number of hydrogen-bond donors (Lipinski definition) is 1. The van der Waals surface area contributed by atoms with E-state index in [0.717, 1.165) is 9.37 Å². The van der Waals surface area contributed by atoms with Crippen molar-refractivity contribution in [2.24, 2.45) is 0 Å². The first kappa shape index (κ1) is 16.0. The van der Waals surface area contributed by atoms with E-state index in [-0.39, 0.29) is 22.9 Å². The smallest absolute Gasteiger partial charge is 0.265 e. The molecule has 1 N–H and O–H groups in total. The lowest BCUT2D eigenvalue weighted by atomic mass is 10.2. The molecule has 0 saturated carbocycles. The Kier molecular flexibility index (Phi) is 5.76. The van der Waals surface area contributed by atoms with Crippen LogP contribution in [0.15, 0.2) is 57.9 Å². The number of anilines is 1. The van der Waals surface area contributed by atoms with Crippen molar-refractivity contribution in [3.8, 4) is 0 Å². The van der Waals surface area contributed by atoms with Crippen molar-refractivity contribution >= 4 is 39.3 Å². The molecule has 0 aliphatic heterocycles. The highest BCUT2D eigenvalue weighted by atomic mass is 79.9. The Balaban J connectivity index is 1.94. The molecule has 2 rings (SSSR count). The zero-order valence-corrected chi connectivity index (χ0v) is 13.3. The molecule has 21 heavy (non-hydrogen) atoms. The molecule has 6 heteroatoms. The van der Waals surface area contributed by atoms with Crippen molar-refractivity contribution in [2.45, 2.75) is 11.3 Å². The minimum atomic E-state index is -2.61. The van der Waals surface area contributed by atoms with E-state index in [1.165, 1.54) is 30.0 Å². The first-order chi connectivity index (χ1) is 10.1. The van der Waals surface area contributed by atoms with Crippen molar-refractivity contribution in [3.63, 3.8) is 0 Å². The number of rotatable bonds is 5. The highest BCUT2D eigenvalue weighted by Gasteiger charge is 2.14. The van der Waals surface area contributed by atoms with Gasteiger partial charge in [0.25, 0.3) is 6.43 Å². The second-order valence-corrected chi connectivity index (χ2v) is 6.14. The van der Waals surface area contributed by atoms with Gasteiger partial charge in [0.2, 0.25) is 5.91 Å². The number of carbonyl (C=O) groups excluding carboxylic acids is 1. The minimum Gasteiger partial charge on any atom is -0.325 e. The van der Waals surface area contributed by atoms with E-state index >= 15 is 0 Å². The summed E-state index contributed by atoms with van der Waals surface area (Å²) in [5.74, 6) is -0.143. The Labute approximate surface area is 134 Å². The van der Waals surface area contributed by atoms with Crippen LogP contribution in [0.5, 0.6) is 0 Å². The molecule has 2 aromatic carbocycles. The normalized spacial score (nSPS) is 10.7. The fraction of sp³-hybridized carbons (Fsp3) is 0.133. The fourth-order valence-electron chi connectivity index (χ4n) is 1.67. The molecule has 0 aromatic heterocycles. The van der Waals surface area contributed by atoms with Gasteiger partial charge in [-0.1, -0.05) is 34.1 Å². The number of benzene rings is 2. The van der Waals surface area contributed by atoms with Gasteiger partial charge in [-0.3, -0.25) is 4.79 Å². The summed E-state index contributed by atoms with van der Waals surface area (Å²) < 4.78 is 26.6. The number of carbonyl (C=O) groups is 1. The van der Waals surface area contributed by atoms with Crippen LogP contribution in [0.2, 0.25) is 0 Å². The van der Waals surface area contributed by atoms with Crippen molar-refractivity contribution in [1.29, 1.82) is 0 Å². The molecule has 1 amide bonds. The van der Waals surface area contributed by atoms with E-state index in [9.17, 15) is 13.6 Å². The van der Waals surface area contributed by atoms with Gasteiger partial charge in [0.1, 0.15) is 0 Å². The van der Waals surface area contributed by atoms with Crippen LogP contribution in [-0.2, 0) is 4.79 Å². The van der Waals surface area contributed by atoms with Gasteiger partial charge >= 0.3 is 0 Å². The predicted octanol–water partition coefficient (Wildman–Crippen LogP) is 5.12. The van der Waals surface area contributed by atoms with Gasteiger partial charge in [-0.05, 0) is 30.3 Å². The lowest BCUT2D eigenvalue weighted by Gasteiger charge is -2.10. The second kappa shape index (κ2) is 7.56. The molecule has 0 aliphatic carbocycles. The number of halogens is 3. The van der Waals surface area contributed by atoms with E-state index in [4.69, 9.17) is 0 Å². The van der Waals surface area contributed by atoms with Crippen molar-refractivity contribution in [1.82, 2.24) is 0 Å². The van der Waals surface area contributed by atoms with Gasteiger partial charge < -0.3 is 5.32 Å². The van der Waals surface area contributed by atoms with Crippen LogP contribution in [0.3, 0.4) is 0 Å². The minimum absolute atomic E-state index is 0.161. The lowest BCUT2D eigenvalue weighted by molar-refractivity contribution is -0.113. The molecule has 110 valence electrons. The van der Waals surface area contributed by atoms with Crippen LogP contribution in [0.4, 0.5) is 14.5 Å². The summed E-state index contributed by atoms with van der Waals surface area (Å²) in [4.78, 5) is 12.8. The molecule has 2 aromatic rings. The molecule has 0 heterocycles. The number of hydrogen-bond acceptors (Lipinski definition) is 2. The van der Waals surface area contributed by atoms with E-state index in [2.05, 4.69) is 21.2 Å². The number of amides is 1. The first-order valence-corrected chi connectivity index (χ1v) is 7.89. The van der Waals surface area contributed by atoms with Gasteiger partial charge in [-0.15, -0.1) is 11.8 Å². The van der Waals surface area contributed by atoms with Crippen LogP contribution in [0, 0.1) is 0 Å². The maximum Gasteiger partial charge on any atom is 0.265 e. The molecule has 0 unspecified atom stereocenters. The summed E-state index contributed by atoms with van der Waals surface area (Å²) in [5.41, 5.74) is -0.00611. The monoisotopic (exact) mass is 371 g/mol. The van der Waals surface area contributed by atoms with E-state index in [1.54, 1.807) is 6.07 Å². The molecule has 0 spiro atoms. The molecule has 0 saturated heterocycles. The Hall–Kier alpha value is -1.40. The first-order valence-electron chi connectivity index (χ1n) is 6.11. The second-order valence-electron chi connectivity index (χ2n) is 4.18. The van der Waals surface area contributed by atoms with E-state index < -0.39 is 6.43 Å². The zero-order chi connectivity index (χ0) is 15.2. The maximum absolute atomic E-state index is 12.8. The molecule has 0 radical (unpaired) electrons. The zero-order valence-electron chi connectivity index (χ0n) is 10.9. The van der Waals surface area contributed by atoms with Crippen molar-refractivity contribution < 1.29 is 13.6 Å². The highest BCUT2D eigenvalue weighted by molar-refractivity contribution is 9.10. The van der Waals surface area contributed by atoms with Crippen molar-refractivity contribution in [2.75, 3.05) is 11.1 Å². The molecular formula is C15H12BrF2NOS. The van der Waals surface area contributed by atoms with E-state index in [0.29, 0.717) is 0 Å².